The van der Waals surface area contributed by atoms with Crippen molar-refractivity contribution < 1.29 is 0 Å². The highest BCUT2D eigenvalue weighted by Gasteiger charge is 2.62. The van der Waals surface area contributed by atoms with Crippen LogP contribution in [-0.2, 0) is 0 Å². The van der Waals surface area contributed by atoms with E-state index in [0.717, 1.165) is 74.0 Å². The minimum atomic E-state index is 0.584. The fraction of sp³-hybridized carbons (Fsp3) is 1.00. The third-order valence-corrected chi connectivity index (χ3v) is 12.2. The predicted molar refractivity (Wildman–Crippen MR) is 150 cm³/mol. The largest absolute Gasteiger partial charge is 0.330 e. The van der Waals surface area contributed by atoms with E-state index >= 15 is 0 Å². The lowest BCUT2D eigenvalue weighted by Gasteiger charge is -2.63. The van der Waals surface area contributed by atoms with E-state index in [-0.39, 0.29) is 0 Å². The molecule has 5 N–H and O–H groups in total. The SMILES string of the molecule is CCC(C)C1CCC2C3C(C)CC4CC(NNCCCCNCCCN)CCC4(C)C3CCC12C. The lowest BCUT2D eigenvalue weighted by Crippen LogP contribution is -2.58. The summed E-state index contributed by atoms with van der Waals surface area (Å²) in [5.74, 6) is 6.67. The maximum absolute atomic E-state index is 5.56. The molecule has 35 heavy (non-hydrogen) atoms. The molecule has 4 aliphatic rings. The smallest absolute Gasteiger partial charge is 0.0216 e. The molecule has 0 aromatic heterocycles. The Morgan fingerprint density at radius 3 is 2.37 bits per heavy atom. The van der Waals surface area contributed by atoms with Gasteiger partial charge in [0.15, 0.2) is 0 Å². The highest BCUT2D eigenvalue weighted by atomic mass is 15.4. The lowest BCUT2D eigenvalue weighted by molar-refractivity contribution is -0.140. The molecule has 0 radical (unpaired) electrons. The fourth-order valence-corrected chi connectivity index (χ4v) is 10.1. The fourth-order valence-electron chi connectivity index (χ4n) is 10.1. The van der Waals surface area contributed by atoms with E-state index in [0.29, 0.717) is 16.9 Å². The average molecular weight is 489 g/mol. The van der Waals surface area contributed by atoms with Gasteiger partial charge in [-0.25, -0.2) is 0 Å². The molecule has 10 unspecified atom stereocenters. The summed E-state index contributed by atoms with van der Waals surface area (Å²) < 4.78 is 0. The summed E-state index contributed by atoms with van der Waals surface area (Å²) in [6, 6.07) is 0.662. The van der Waals surface area contributed by atoms with Crippen LogP contribution in [0.15, 0.2) is 0 Å². The zero-order valence-electron chi connectivity index (χ0n) is 24.0. The second kappa shape index (κ2) is 12.1. The van der Waals surface area contributed by atoms with Gasteiger partial charge in [-0.3, -0.25) is 10.9 Å². The van der Waals surface area contributed by atoms with Crippen molar-refractivity contribution in [3.8, 4) is 0 Å². The van der Waals surface area contributed by atoms with E-state index in [4.69, 9.17) is 5.73 Å². The van der Waals surface area contributed by atoms with Crippen molar-refractivity contribution in [2.45, 2.75) is 118 Å². The molecule has 0 bridgehead atoms. The summed E-state index contributed by atoms with van der Waals surface area (Å²) in [7, 11) is 0. The first-order chi connectivity index (χ1) is 16.8. The summed E-state index contributed by atoms with van der Waals surface area (Å²) in [5, 5.41) is 3.49. The Labute approximate surface area is 218 Å². The average Bonchev–Trinajstić information content (AvgIpc) is 3.20. The standard InChI is InChI=1S/C31H60N4/c1-6-22(2)26-10-11-27-29-23(3)20-24-21-25(35-34-19-8-7-17-33-18-9-16-32)12-14-30(24,4)28(29)13-15-31(26,27)5/h22-29,33-35H,6-21,32H2,1-5H3. The van der Waals surface area contributed by atoms with Crippen molar-refractivity contribution in [1.29, 1.82) is 0 Å². The Morgan fingerprint density at radius 1 is 0.886 bits per heavy atom. The minimum absolute atomic E-state index is 0.584. The number of nitrogens with one attached hydrogen (secondary N) is 3. The van der Waals surface area contributed by atoms with Gasteiger partial charge in [-0.1, -0.05) is 41.0 Å². The minimum Gasteiger partial charge on any atom is -0.330 e. The molecule has 0 saturated heterocycles. The van der Waals surface area contributed by atoms with Gasteiger partial charge in [-0.2, -0.15) is 0 Å². The van der Waals surface area contributed by atoms with Crippen LogP contribution in [0.2, 0.25) is 0 Å². The quantitative estimate of drug-likeness (QED) is 0.197. The normalized spacial score (nSPS) is 43.9. The third kappa shape index (κ3) is 5.66. The van der Waals surface area contributed by atoms with Crippen molar-refractivity contribution in [2.75, 3.05) is 26.2 Å². The van der Waals surface area contributed by atoms with Crippen LogP contribution < -0.4 is 21.9 Å². The Bertz CT molecular complexity index is 654. The number of hydrazine groups is 1. The molecular formula is C31H60N4. The first-order valence-corrected chi connectivity index (χ1v) is 15.7. The zero-order chi connectivity index (χ0) is 25.1. The summed E-state index contributed by atoms with van der Waals surface area (Å²) in [6.45, 7) is 17.1. The Hall–Kier alpha value is -0.160. The van der Waals surface area contributed by atoms with Crippen molar-refractivity contribution in [3.05, 3.63) is 0 Å². The van der Waals surface area contributed by atoms with E-state index in [1.54, 1.807) is 0 Å². The summed E-state index contributed by atoms with van der Waals surface area (Å²) in [5.41, 5.74) is 14.1. The van der Waals surface area contributed by atoms with Crippen LogP contribution in [0.3, 0.4) is 0 Å². The molecule has 4 fully saturated rings. The van der Waals surface area contributed by atoms with Crippen molar-refractivity contribution >= 4 is 0 Å². The molecule has 4 nitrogen and oxygen atoms in total. The van der Waals surface area contributed by atoms with E-state index in [2.05, 4.69) is 50.8 Å². The number of rotatable bonds is 12. The summed E-state index contributed by atoms with van der Waals surface area (Å²) >= 11 is 0. The van der Waals surface area contributed by atoms with Crippen LogP contribution >= 0.6 is 0 Å². The van der Waals surface area contributed by atoms with Gasteiger partial charge in [0.05, 0.1) is 0 Å². The Balaban J connectivity index is 1.28. The van der Waals surface area contributed by atoms with Crippen LogP contribution in [0, 0.1) is 52.3 Å². The molecule has 4 heteroatoms. The summed E-state index contributed by atoms with van der Waals surface area (Å²) in [4.78, 5) is 0. The second-order valence-corrected chi connectivity index (χ2v) is 14.0. The predicted octanol–water partition coefficient (Wildman–Crippen LogP) is 6.12. The van der Waals surface area contributed by atoms with Crippen LogP contribution in [0.5, 0.6) is 0 Å². The number of fused-ring (bicyclic) bond motifs is 5. The lowest BCUT2D eigenvalue weighted by atomic mass is 9.42. The van der Waals surface area contributed by atoms with Gasteiger partial charge in [-0.15, -0.1) is 0 Å². The van der Waals surface area contributed by atoms with Gasteiger partial charge in [0.25, 0.3) is 0 Å². The number of nitrogens with two attached hydrogens (primary N) is 1. The van der Waals surface area contributed by atoms with E-state index in [1.165, 1.54) is 70.6 Å². The van der Waals surface area contributed by atoms with Crippen LogP contribution in [0.25, 0.3) is 0 Å². The molecule has 204 valence electrons. The molecule has 4 aliphatic carbocycles. The molecule has 0 heterocycles. The number of hydrogen-bond donors (Lipinski definition) is 4. The van der Waals surface area contributed by atoms with Crippen LogP contribution in [0.4, 0.5) is 0 Å². The first-order valence-electron chi connectivity index (χ1n) is 15.7. The van der Waals surface area contributed by atoms with E-state index in [1.807, 2.05) is 0 Å². The Morgan fingerprint density at radius 2 is 1.60 bits per heavy atom. The number of unbranched alkanes of at least 4 members (excludes halogenated alkanes) is 1. The molecule has 0 spiro atoms. The first kappa shape index (κ1) is 27.9. The van der Waals surface area contributed by atoms with Gasteiger partial charge >= 0.3 is 0 Å². The molecule has 4 saturated carbocycles. The van der Waals surface area contributed by atoms with Crippen molar-refractivity contribution in [2.24, 2.45) is 58.0 Å². The third-order valence-electron chi connectivity index (χ3n) is 12.2. The molecule has 4 rings (SSSR count). The second-order valence-electron chi connectivity index (χ2n) is 14.0. The van der Waals surface area contributed by atoms with Gasteiger partial charge in [0.1, 0.15) is 0 Å². The topological polar surface area (TPSA) is 62.1 Å². The van der Waals surface area contributed by atoms with E-state index in [9.17, 15) is 0 Å². The molecule has 0 amide bonds. The monoisotopic (exact) mass is 488 g/mol. The van der Waals surface area contributed by atoms with Crippen LogP contribution in [0.1, 0.15) is 112 Å². The maximum atomic E-state index is 5.56. The van der Waals surface area contributed by atoms with Gasteiger partial charge in [0.2, 0.25) is 0 Å². The molecule has 0 aromatic carbocycles. The molecular weight excluding hydrogens is 428 g/mol. The molecule has 0 aliphatic heterocycles. The van der Waals surface area contributed by atoms with E-state index < -0.39 is 0 Å². The number of hydrogen-bond acceptors (Lipinski definition) is 4. The van der Waals surface area contributed by atoms with Crippen LogP contribution in [-0.4, -0.2) is 32.2 Å². The van der Waals surface area contributed by atoms with Gasteiger partial charge in [0, 0.05) is 12.6 Å². The summed E-state index contributed by atoms with van der Waals surface area (Å²) in [6.07, 6.45) is 16.6. The van der Waals surface area contributed by atoms with Crippen molar-refractivity contribution in [3.63, 3.8) is 0 Å². The van der Waals surface area contributed by atoms with Gasteiger partial charge < -0.3 is 11.1 Å². The molecule has 0 aromatic rings. The van der Waals surface area contributed by atoms with Gasteiger partial charge in [-0.05, 0) is 143 Å². The maximum Gasteiger partial charge on any atom is 0.0216 e. The zero-order valence-corrected chi connectivity index (χ0v) is 24.0. The highest BCUT2D eigenvalue weighted by Crippen LogP contribution is 2.69. The van der Waals surface area contributed by atoms with Crippen molar-refractivity contribution in [1.82, 2.24) is 16.2 Å². The Kier molecular flexibility index (Phi) is 9.66. The highest BCUT2D eigenvalue weighted by molar-refractivity contribution is 5.11. The molecule has 10 atom stereocenters.